The Bertz CT molecular complexity index is 782. The second-order valence-corrected chi connectivity index (χ2v) is 7.96. The lowest BCUT2D eigenvalue weighted by Crippen LogP contribution is -2.46. The second kappa shape index (κ2) is 9.23. The fourth-order valence-electron chi connectivity index (χ4n) is 4.03. The molecule has 29 heavy (non-hydrogen) atoms. The summed E-state index contributed by atoms with van der Waals surface area (Å²) in [4.78, 5) is 25.3. The number of benzene rings is 2. The van der Waals surface area contributed by atoms with Crippen molar-refractivity contribution in [2.75, 3.05) is 6.61 Å². The summed E-state index contributed by atoms with van der Waals surface area (Å²) in [6.07, 6.45) is 3.19. The third-order valence-electron chi connectivity index (χ3n) is 6.07. The molecule has 2 N–H and O–H groups in total. The van der Waals surface area contributed by atoms with E-state index in [2.05, 4.69) is 19.2 Å². The van der Waals surface area contributed by atoms with Crippen LogP contribution in [0.4, 0.5) is 0 Å². The highest BCUT2D eigenvalue weighted by molar-refractivity contribution is 5.88. The van der Waals surface area contributed by atoms with Crippen molar-refractivity contribution < 1.29 is 19.4 Å². The third-order valence-corrected chi connectivity index (χ3v) is 6.07. The minimum Gasteiger partial charge on any atom is -0.453 e. The van der Waals surface area contributed by atoms with Gasteiger partial charge in [-0.05, 0) is 29.4 Å². The van der Waals surface area contributed by atoms with Crippen LogP contribution >= 0.6 is 0 Å². The van der Waals surface area contributed by atoms with E-state index in [1.807, 2.05) is 0 Å². The zero-order chi connectivity index (χ0) is 20.9. The van der Waals surface area contributed by atoms with Gasteiger partial charge in [0, 0.05) is 6.04 Å². The van der Waals surface area contributed by atoms with Crippen molar-refractivity contribution >= 4 is 11.9 Å². The van der Waals surface area contributed by atoms with Crippen molar-refractivity contribution in [3.05, 3.63) is 71.8 Å². The molecule has 0 unspecified atom stereocenters. The maximum atomic E-state index is 12.9. The van der Waals surface area contributed by atoms with Crippen molar-refractivity contribution in [1.82, 2.24) is 5.32 Å². The lowest BCUT2D eigenvalue weighted by molar-refractivity contribution is -0.164. The van der Waals surface area contributed by atoms with Gasteiger partial charge in [-0.15, -0.1) is 0 Å². The van der Waals surface area contributed by atoms with Crippen LogP contribution in [0.15, 0.2) is 60.7 Å². The topological polar surface area (TPSA) is 75.6 Å². The van der Waals surface area contributed by atoms with Crippen LogP contribution in [0.1, 0.15) is 44.2 Å². The molecule has 154 valence electrons. The number of aliphatic hydroxyl groups is 1. The predicted octanol–water partition coefficient (Wildman–Crippen LogP) is 3.41. The monoisotopic (exact) mass is 395 g/mol. The molecule has 2 aromatic rings. The molecule has 1 aliphatic carbocycles. The second-order valence-electron chi connectivity index (χ2n) is 7.96. The molecular formula is C24H29NO4. The average Bonchev–Trinajstić information content (AvgIpc) is 2.76. The Labute approximate surface area is 172 Å². The Hall–Kier alpha value is -2.66. The Balaban J connectivity index is 1.70. The van der Waals surface area contributed by atoms with E-state index >= 15 is 0 Å². The first kappa shape index (κ1) is 21.1. The van der Waals surface area contributed by atoms with Crippen LogP contribution in [0.2, 0.25) is 0 Å². The summed E-state index contributed by atoms with van der Waals surface area (Å²) in [5.41, 5.74) is -1.19. The predicted molar refractivity (Wildman–Crippen MR) is 111 cm³/mol. The molecule has 0 bridgehead atoms. The van der Waals surface area contributed by atoms with Crippen LogP contribution < -0.4 is 5.32 Å². The van der Waals surface area contributed by atoms with Crippen molar-refractivity contribution in [3.63, 3.8) is 0 Å². The van der Waals surface area contributed by atoms with Crippen molar-refractivity contribution in [2.45, 2.75) is 44.8 Å². The lowest BCUT2D eigenvalue weighted by Gasteiger charge is -2.34. The van der Waals surface area contributed by atoms with E-state index in [0.29, 0.717) is 23.0 Å². The van der Waals surface area contributed by atoms with E-state index < -0.39 is 18.2 Å². The van der Waals surface area contributed by atoms with Crippen LogP contribution in [-0.2, 0) is 19.9 Å². The summed E-state index contributed by atoms with van der Waals surface area (Å²) >= 11 is 0. The van der Waals surface area contributed by atoms with E-state index in [1.54, 1.807) is 60.7 Å². The molecule has 2 aromatic carbocycles. The zero-order valence-corrected chi connectivity index (χ0v) is 17.0. The summed E-state index contributed by atoms with van der Waals surface area (Å²) in [7, 11) is 0. The van der Waals surface area contributed by atoms with Gasteiger partial charge < -0.3 is 15.2 Å². The molecule has 0 aliphatic heterocycles. The molecular weight excluding hydrogens is 366 g/mol. The van der Waals surface area contributed by atoms with Gasteiger partial charge in [-0.2, -0.15) is 0 Å². The van der Waals surface area contributed by atoms with Crippen LogP contribution in [-0.4, -0.2) is 29.6 Å². The maximum absolute atomic E-state index is 12.9. The molecule has 0 spiro atoms. The Morgan fingerprint density at radius 3 is 2.10 bits per heavy atom. The van der Waals surface area contributed by atoms with Gasteiger partial charge in [-0.1, -0.05) is 87.4 Å². The molecule has 0 heterocycles. The van der Waals surface area contributed by atoms with E-state index in [-0.39, 0.29) is 11.9 Å². The number of hydrogen-bond donors (Lipinski definition) is 2. The first-order valence-electron chi connectivity index (χ1n) is 10.2. The number of ether oxygens (including phenoxy) is 1. The molecule has 1 aliphatic rings. The number of hydrogen-bond acceptors (Lipinski definition) is 4. The molecule has 1 fully saturated rings. The highest BCUT2D eigenvalue weighted by Crippen LogP contribution is 2.31. The van der Waals surface area contributed by atoms with Crippen LogP contribution in [0.3, 0.4) is 0 Å². The molecule has 0 saturated heterocycles. The van der Waals surface area contributed by atoms with E-state index in [9.17, 15) is 14.7 Å². The smallest absolute Gasteiger partial charge is 0.348 e. The molecule has 3 atom stereocenters. The lowest BCUT2D eigenvalue weighted by atomic mass is 9.78. The maximum Gasteiger partial charge on any atom is 0.348 e. The molecule has 5 nitrogen and oxygen atoms in total. The van der Waals surface area contributed by atoms with E-state index in [1.165, 1.54) is 6.42 Å². The van der Waals surface area contributed by atoms with Gasteiger partial charge >= 0.3 is 5.97 Å². The van der Waals surface area contributed by atoms with Crippen LogP contribution in [0, 0.1) is 11.8 Å². The number of carbonyl (C=O) groups is 2. The van der Waals surface area contributed by atoms with E-state index in [4.69, 9.17) is 4.74 Å². The number of rotatable bonds is 6. The highest BCUT2D eigenvalue weighted by Gasteiger charge is 2.42. The van der Waals surface area contributed by atoms with Crippen molar-refractivity contribution in [1.29, 1.82) is 0 Å². The largest absolute Gasteiger partial charge is 0.453 e. The summed E-state index contributed by atoms with van der Waals surface area (Å²) < 4.78 is 5.28. The quantitative estimate of drug-likeness (QED) is 0.735. The van der Waals surface area contributed by atoms with Gasteiger partial charge in [0.15, 0.2) is 6.61 Å². The number of carbonyl (C=O) groups excluding carboxylic acids is 2. The Morgan fingerprint density at radius 2 is 1.55 bits per heavy atom. The van der Waals surface area contributed by atoms with E-state index in [0.717, 1.165) is 12.8 Å². The van der Waals surface area contributed by atoms with Crippen molar-refractivity contribution in [3.8, 4) is 0 Å². The first-order valence-corrected chi connectivity index (χ1v) is 10.2. The Morgan fingerprint density at radius 1 is 1.00 bits per heavy atom. The zero-order valence-electron chi connectivity index (χ0n) is 17.0. The number of esters is 1. The van der Waals surface area contributed by atoms with Gasteiger partial charge in [0.05, 0.1) is 0 Å². The molecule has 3 rings (SSSR count). The van der Waals surface area contributed by atoms with Gasteiger partial charge in [0.2, 0.25) is 5.60 Å². The Kier molecular flexibility index (Phi) is 6.70. The number of amides is 1. The first-order chi connectivity index (χ1) is 13.9. The van der Waals surface area contributed by atoms with Gasteiger partial charge in [-0.3, -0.25) is 4.79 Å². The molecule has 5 heteroatoms. The standard InChI is InChI=1S/C24H29NO4/c1-17-10-9-15-21(18(17)2)25-22(26)16-29-23(27)24(28,19-11-5-3-6-12-19)20-13-7-4-8-14-20/h3-8,11-14,17-18,21,28H,9-10,15-16H2,1-2H3,(H,25,26)/t17-,18-,21-/m1/s1. The average molecular weight is 395 g/mol. The van der Waals surface area contributed by atoms with Crippen LogP contribution in [0.5, 0.6) is 0 Å². The fraction of sp³-hybridized carbons (Fsp3) is 0.417. The summed E-state index contributed by atoms with van der Waals surface area (Å²) in [6, 6.07) is 17.3. The molecule has 0 radical (unpaired) electrons. The minimum absolute atomic E-state index is 0.0899. The minimum atomic E-state index is -1.98. The van der Waals surface area contributed by atoms with Gasteiger partial charge in [0.25, 0.3) is 5.91 Å². The van der Waals surface area contributed by atoms with Gasteiger partial charge in [-0.25, -0.2) is 4.79 Å². The summed E-state index contributed by atoms with van der Waals surface area (Å²) in [5, 5.41) is 14.3. The molecule has 0 aromatic heterocycles. The van der Waals surface area contributed by atoms with Gasteiger partial charge in [0.1, 0.15) is 0 Å². The van der Waals surface area contributed by atoms with Crippen LogP contribution in [0.25, 0.3) is 0 Å². The molecule has 1 amide bonds. The summed E-state index contributed by atoms with van der Waals surface area (Å²) in [6.45, 7) is 3.92. The number of nitrogens with one attached hydrogen (secondary N) is 1. The van der Waals surface area contributed by atoms with Crippen molar-refractivity contribution in [2.24, 2.45) is 11.8 Å². The third kappa shape index (κ3) is 4.67. The fourth-order valence-corrected chi connectivity index (χ4v) is 4.03. The summed E-state index contributed by atoms with van der Waals surface area (Å²) in [5.74, 6) is -0.269. The molecule has 1 saturated carbocycles. The normalized spacial score (nSPS) is 22.0. The highest BCUT2D eigenvalue weighted by atomic mass is 16.6. The SMILES string of the molecule is C[C@@H]1[C@H](C)CCC[C@H]1NC(=O)COC(=O)C(O)(c1ccccc1)c1ccccc1.